The van der Waals surface area contributed by atoms with Gasteiger partial charge in [-0.15, -0.1) is 5.10 Å². The topological polar surface area (TPSA) is 66.9 Å². The summed E-state index contributed by atoms with van der Waals surface area (Å²) >= 11 is 0. The van der Waals surface area contributed by atoms with Gasteiger partial charge in [0.2, 0.25) is 5.88 Å². The first kappa shape index (κ1) is 14.1. The number of piperidine rings is 1. The third-order valence-electron chi connectivity index (χ3n) is 4.11. The predicted octanol–water partition coefficient (Wildman–Crippen LogP) is 2.68. The van der Waals surface area contributed by atoms with E-state index in [-0.39, 0.29) is 0 Å². The monoisotopic (exact) mass is 289 g/mol. The summed E-state index contributed by atoms with van der Waals surface area (Å²) in [6, 6.07) is 0.405. The van der Waals surface area contributed by atoms with E-state index in [0.29, 0.717) is 24.4 Å². The lowest BCUT2D eigenvalue weighted by atomic mass is 9.94. The minimum atomic E-state index is 0.405. The van der Waals surface area contributed by atoms with Crippen LogP contribution in [0.15, 0.2) is 0 Å². The molecule has 0 radical (unpaired) electrons. The van der Waals surface area contributed by atoms with Crippen LogP contribution in [0.2, 0.25) is 0 Å². The van der Waals surface area contributed by atoms with Crippen molar-refractivity contribution in [1.82, 2.24) is 20.2 Å². The number of H-pyrrole nitrogens is 1. The Kier molecular flexibility index (Phi) is 3.69. The average Bonchev–Trinajstić information content (AvgIpc) is 2.83. The van der Waals surface area contributed by atoms with Gasteiger partial charge in [-0.2, -0.15) is 0 Å². The Bertz CT molecular complexity index is 638. The molecule has 0 bridgehead atoms. The summed E-state index contributed by atoms with van der Waals surface area (Å²) < 4.78 is 5.84. The lowest BCUT2D eigenvalue weighted by Gasteiger charge is -2.38. The molecule has 0 aliphatic carbocycles. The molecule has 4 heterocycles. The number of fused-ring (bicyclic) bond motifs is 2. The van der Waals surface area contributed by atoms with E-state index in [4.69, 9.17) is 4.74 Å². The zero-order valence-corrected chi connectivity index (χ0v) is 13.2. The second-order valence-corrected chi connectivity index (χ2v) is 5.65. The minimum Gasteiger partial charge on any atom is -0.474 e. The molecule has 2 aromatic rings. The van der Waals surface area contributed by atoms with Crippen LogP contribution in [0.3, 0.4) is 0 Å². The van der Waals surface area contributed by atoms with Crippen LogP contribution in [0.25, 0.3) is 11.0 Å². The van der Waals surface area contributed by atoms with Gasteiger partial charge in [0.25, 0.3) is 0 Å². The second kappa shape index (κ2) is 5.50. The van der Waals surface area contributed by atoms with E-state index in [1.165, 1.54) is 6.42 Å². The number of aromatic amines is 1. The summed E-state index contributed by atoms with van der Waals surface area (Å²) in [5, 5.41) is 8.10. The fourth-order valence-electron chi connectivity index (χ4n) is 3.12. The zero-order valence-electron chi connectivity index (χ0n) is 13.2. The minimum absolute atomic E-state index is 0.405. The van der Waals surface area contributed by atoms with Gasteiger partial charge in [-0.25, -0.2) is 9.97 Å². The first-order chi connectivity index (χ1) is 10.2. The highest BCUT2D eigenvalue weighted by Crippen LogP contribution is 2.37. The van der Waals surface area contributed by atoms with Gasteiger partial charge in [0.1, 0.15) is 23.6 Å². The number of hydrogen-bond acceptors (Lipinski definition) is 5. The first-order valence-corrected chi connectivity index (χ1v) is 7.84. The molecule has 4 rings (SSSR count). The lowest BCUT2D eigenvalue weighted by molar-refractivity contribution is 0.244. The number of nitrogens with one attached hydrogen (secondary N) is 1. The van der Waals surface area contributed by atoms with Crippen LogP contribution in [0.1, 0.15) is 39.4 Å². The summed E-state index contributed by atoms with van der Waals surface area (Å²) in [6.45, 7) is 9.93. The molecule has 2 aromatic heterocycles. The van der Waals surface area contributed by atoms with E-state index in [9.17, 15) is 0 Å². The summed E-state index contributed by atoms with van der Waals surface area (Å²) in [6.07, 6.45) is 2.40. The molecule has 0 amide bonds. The largest absolute Gasteiger partial charge is 0.474 e. The van der Waals surface area contributed by atoms with E-state index in [1.54, 1.807) is 0 Å². The smallest absolute Gasteiger partial charge is 0.246 e. The van der Waals surface area contributed by atoms with Gasteiger partial charge in [-0.05, 0) is 25.7 Å². The van der Waals surface area contributed by atoms with Crippen LogP contribution in [0, 0.1) is 12.8 Å². The van der Waals surface area contributed by atoms with Crippen LogP contribution in [0.5, 0.6) is 5.88 Å². The van der Waals surface area contributed by atoms with Gasteiger partial charge < -0.3 is 9.64 Å². The number of nitrogens with zero attached hydrogens (tertiary/aromatic N) is 4. The molecule has 6 nitrogen and oxygen atoms in total. The number of anilines is 1. The highest BCUT2D eigenvalue weighted by molar-refractivity contribution is 5.92. The Morgan fingerprint density at radius 2 is 2.05 bits per heavy atom. The molecule has 114 valence electrons. The van der Waals surface area contributed by atoms with Crippen molar-refractivity contribution in [2.24, 2.45) is 5.92 Å². The van der Waals surface area contributed by atoms with Crippen LogP contribution in [-0.2, 0) is 0 Å². The van der Waals surface area contributed by atoms with Crippen molar-refractivity contribution in [2.45, 2.75) is 46.6 Å². The first-order valence-electron chi connectivity index (χ1n) is 7.84. The van der Waals surface area contributed by atoms with Crippen LogP contribution < -0.4 is 9.64 Å². The molecular weight excluding hydrogens is 266 g/mol. The molecule has 6 heteroatoms. The molecule has 2 aliphatic rings. The van der Waals surface area contributed by atoms with Crippen molar-refractivity contribution < 1.29 is 4.74 Å². The molecule has 1 N–H and O–H groups in total. The maximum atomic E-state index is 5.84. The maximum Gasteiger partial charge on any atom is 0.246 e. The Balaban J connectivity index is 0.000000636. The quantitative estimate of drug-likeness (QED) is 0.807. The van der Waals surface area contributed by atoms with Crippen molar-refractivity contribution in [3.05, 3.63) is 5.82 Å². The number of ether oxygens (including phenoxy) is 1. The van der Waals surface area contributed by atoms with Crippen molar-refractivity contribution in [2.75, 3.05) is 18.1 Å². The fourth-order valence-corrected chi connectivity index (χ4v) is 3.12. The van der Waals surface area contributed by atoms with Gasteiger partial charge in [0.05, 0.1) is 6.04 Å². The molecule has 2 aliphatic heterocycles. The fraction of sp³-hybridized carbons (Fsp3) is 0.667. The highest BCUT2D eigenvalue weighted by atomic mass is 16.5. The van der Waals surface area contributed by atoms with Crippen molar-refractivity contribution in [1.29, 1.82) is 0 Å². The Morgan fingerprint density at radius 1 is 1.24 bits per heavy atom. The zero-order chi connectivity index (χ0) is 15.0. The third kappa shape index (κ3) is 2.32. The summed E-state index contributed by atoms with van der Waals surface area (Å²) in [5.41, 5.74) is 0.774. The molecule has 0 spiro atoms. The Labute approximate surface area is 124 Å². The Morgan fingerprint density at radius 3 is 2.86 bits per heavy atom. The average molecular weight is 289 g/mol. The number of aryl methyl sites for hydroxylation is 1. The highest BCUT2D eigenvalue weighted by Gasteiger charge is 2.33. The molecule has 1 fully saturated rings. The van der Waals surface area contributed by atoms with Crippen LogP contribution >= 0.6 is 0 Å². The van der Waals surface area contributed by atoms with Gasteiger partial charge in [-0.1, -0.05) is 20.8 Å². The van der Waals surface area contributed by atoms with E-state index in [1.807, 2.05) is 20.8 Å². The number of rotatable bonds is 0. The third-order valence-corrected chi connectivity index (χ3v) is 4.11. The standard InChI is InChI=1S/C13H17N5O.C2H6/c1-7-3-4-9-6-19-13-10-11(16-17-13)14-8(2)15-12(10)18(9)5-7;1-2/h7,9H,3-6H2,1-2H3,(H,14,15,16,17);1-2H3. The summed E-state index contributed by atoms with van der Waals surface area (Å²) in [5.74, 6) is 3.10. The molecular formula is C15H23N5O. The van der Waals surface area contributed by atoms with E-state index in [0.717, 1.165) is 35.6 Å². The molecule has 2 unspecified atom stereocenters. The second-order valence-electron chi connectivity index (χ2n) is 5.65. The molecule has 0 saturated carbocycles. The SMILES string of the molecule is CC.Cc1nc2c3c(n[nH]c3n1)OCC1CCC(C)CN21. The van der Waals surface area contributed by atoms with Crippen molar-refractivity contribution in [3.63, 3.8) is 0 Å². The van der Waals surface area contributed by atoms with Gasteiger partial charge >= 0.3 is 0 Å². The number of aromatic nitrogens is 4. The predicted molar refractivity (Wildman–Crippen MR) is 82.8 cm³/mol. The van der Waals surface area contributed by atoms with Gasteiger partial charge in [0, 0.05) is 6.54 Å². The molecule has 1 saturated heterocycles. The lowest BCUT2D eigenvalue weighted by Crippen LogP contribution is -2.45. The van der Waals surface area contributed by atoms with Crippen LogP contribution in [0.4, 0.5) is 5.82 Å². The van der Waals surface area contributed by atoms with Crippen molar-refractivity contribution in [3.8, 4) is 5.88 Å². The van der Waals surface area contributed by atoms with Crippen molar-refractivity contribution >= 4 is 16.9 Å². The van der Waals surface area contributed by atoms with Gasteiger partial charge in [-0.3, -0.25) is 5.10 Å². The van der Waals surface area contributed by atoms with Crippen LogP contribution in [-0.4, -0.2) is 39.4 Å². The normalized spacial score (nSPS) is 23.7. The molecule has 21 heavy (non-hydrogen) atoms. The van der Waals surface area contributed by atoms with E-state index in [2.05, 4.69) is 32.0 Å². The Hall–Kier alpha value is -1.85. The van der Waals surface area contributed by atoms with Gasteiger partial charge in [0.15, 0.2) is 5.65 Å². The van der Waals surface area contributed by atoms with E-state index < -0.39 is 0 Å². The molecule has 0 aromatic carbocycles. The number of hydrogen-bond donors (Lipinski definition) is 1. The maximum absolute atomic E-state index is 5.84. The summed E-state index contributed by atoms with van der Waals surface area (Å²) in [4.78, 5) is 11.4. The summed E-state index contributed by atoms with van der Waals surface area (Å²) in [7, 11) is 0. The molecule has 2 atom stereocenters. The van der Waals surface area contributed by atoms with E-state index >= 15 is 0 Å².